The van der Waals surface area contributed by atoms with Gasteiger partial charge in [-0.15, -0.1) is 11.3 Å². The zero-order valence-electron chi connectivity index (χ0n) is 7.29. The van der Waals surface area contributed by atoms with Crippen molar-refractivity contribution < 1.29 is 0 Å². The molecule has 0 aliphatic heterocycles. The molecule has 1 aromatic heterocycles. The molecule has 3 heteroatoms. The summed E-state index contributed by atoms with van der Waals surface area (Å²) in [5, 5.41) is 3.19. The van der Waals surface area contributed by atoms with Crippen LogP contribution in [0.5, 0.6) is 0 Å². The first-order valence-electron chi connectivity index (χ1n) is 4.07. The second-order valence-corrected chi connectivity index (χ2v) is 3.71. The molecule has 1 aromatic rings. The molecule has 12 heavy (non-hydrogen) atoms. The van der Waals surface area contributed by atoms with Crippen molar-refractivity contribution in [2.75, 3.05) is 6.54 Å². The summed E-state index contributed by atoms with van der Waals surface area (Å²) in [6.45, 7) is 2.85. The number of hydrogen-bond donors (Lipinski definition) is 1. The quantitative estimate of drug-likeness (QED) is 0.723. The Morgan fingerprint density at radius 3 is 3.17 bits per heavy atom. The lowest BCUT2D eigenvalue weighted by molar-refractivity contribution is 0.978. The molecule has 0 radical (unpaired) electrons. The molecule has 0 aromatic carbocycles. The largest absolute Gasteiger partial charge is 0.330 e. The number of aromatic nitrogens is 1. The Morgan fingerprint density at radius 2 is 2.58 bits per heavy atom. The molecule has 1 heterocycles. The molecule has 0 aliphatic rings. The fourth-order valence-corrected chi connectivity index (χ4v) is 1.69. The van der Waals surface area contributed by atoms with Gasteiger partial charge in [0.2, 0.25) is 0 Å². The third kappa shape index (κ3) is 3.15. The third-order valence-corrected chi connectivity index (χ3v) is 2.35. The molecule has 0 fully saturated rings. The van der Waals surface area contributed by atoms with Crippen molar-refractivity contribution in [1.82, 2.24) is 4.98 Å². The molecule has 2 nitrogen and oxygen atoms in total. The van der Waals surface area contributed by atoms with Gasteiger partial charge in [-0.1, -0.05) is 11.6 Å². The van der Waals surface area contributed by atoms with Gasteiger partial charge in [0, 0.05) is 18.0 Å². The van der Waals surface area contributed by atoms with E-state index < -0.39 is 0 Å². The summed E-state index contributed by atoms with van der Waals surface area (Å²) in [6, 6.07) is 0. The van der Waals surface area contributed by atoms with Crippen molar-refractivity contribution in [1.29, 1.82) is 0 Å². The minimum absolute atomic E-state index is 0.731. The molecule has 0 unspecified atom stereocenters. The highest BCUT2D eigenvalue weighted by atomic mass is 32.1. The summed E-state index contributed by atoms with van der Waals surface area (Å²) in [7, 11) is 0. The molecule has 0 atom stereocenters. The highest BCUT2D eigenvalue weighted by Crippen LogP contribution is 2.10. The highest BCUT2D eigenvalue weighted by Gasteiger charge is 1.95. The van der Waals surface area contributed by atoms with Crippen LogP contribution in [0, 0.1) is 0 Å². The lowest BCUT2D eigenvalue weighted by atomic mass is 10.2. The van der Waals surface area contributed by atoms with E-state index in [1.165, 1.54) is 10.6 Å². The molecule has 1 rings (SSSR count). The van der Waals surface area contributed by atoms with Crippen molar-refractivity contribution in [2.24, 2.45) is 5.73 Å². The van der Waals surface area contributed by atoms with Crippen molar-refractivity contribution >= 4 is 11.3 Å². The van der Waals surface area contributed by atoms with Gasteiger partial charge in [0.1, 0.15) is 0 Å². The van der Waals surface area contributed by atoms with Gasteiger partial charge in [-0.05, 0) is 19.9 Å². The molecule has 66 valence electrons. The van der Waals surface area contributed by atoms with Gasteiger partial charge >= 0.3 is 0 Å². The molecule has 0 saturated heterocycles. The van der Waals surface area contributed by atoms with Crippen molar-refractivity contribution in [3.63, 3.8) is 0 Å². The molecule has 0 aliphatic carbocycles. The average Bonchev–Trinajstić information content (AvgIpc) is 2.53. The van der Waals surface area contributed by atoms with Crippen LogP contribution in [-0.2, 0) is 6.42 Å². The van der Waals surface area contributed by atoms with Crippen LogP contribution in [0.3, 0.4) is 0 Å². The summed E-state index contributed by atoms with van der Waals surface area (Å²) >= 11 is 1.70. The average molecular weight is 182 g/mol. The predicted molar refractivity (Wildman–Crippen MR) is 53.2 cm³/mol. The SMILES string of the molecule is CC(=CCCN)Cc1nccs1. The zero-order valence-corrected chi connectivity index (χ0v) is 8.10. The van der Waals surface area contributed by atoms with Crippen LogP contribution in [0.2, 0.25) is 0 Å². The molecule has 2 N–H and O–H groups in total. The van der Waals surface area contributed by atoms with Crippen LogP contribution >= 0.6 is 11.3 Å². The first-order chi connectivity index (χ1) is 5.83. The van der Waals surface area contributed by atoms with Gasteiger partial charge in [0.25, 0.3) is 0 Å². The zero-order chi connectivity index (χ0) is 8.81. The van der Waals surface area contributed by atoms with E-state index in [1.54, 1.807) is 11.3 Å². The van der Waals surface area contributed by atoms with E-state index in [9.17, 15) is 0 Å². The number of allylic oxidation sites excluding steroid dienone is 1. The van der Waals surface area contributed by atoms with E-state index in [0.29, 0.717) is 0 Å². The van der Waals surface area contributed by atoms with E-state index in [1.807, 2.05) is 11.6 Å². The normalized spacial score (nSPS) is 12.0. The van der Waals surface area contributed by atoms with Crippen LogP contribution < -0.4 is 5.73 Å². The van der Waals surface area contributed by atoms with Crippen LogP contribution in [0.1, 0.15) is 18.4 Å². The number of rotatable bonds is 4. The lowest BCUT2D eigenvalue weighted by Gasteiger charge is -1.96. The number of nitrogens with zero attached hydrogens (tertiary/aromatic N) is 1. The number of thiazole rings is 1. The van der Waals surface area contributed by atoms with Gasteiger partial charge in [0.05, 0.1) is 5.01 Å². The summed E-state index contributed by atoms with van der Waals surface area (Å²) in [5.74, 6) is 0. The van der Waals surface area contributed by atoms with Crippen LogP contribution in [-0.4, -0.2) is 11.5 Å². The summed E-state index contributed by atoms with van der Waals surface area (Å²) in [4.78, 5) is 4.21. The first-order valence-corrected chi connectivity index (χ1v) is 4.95. The van der Waals surface area contributed by atoms with Crippen LogP contribution in [0.25, 0.3) is 0 Å². The maximum atomic E-state index is 5.39. The Balaban J connectivity index is 2.41. The molecule has 0 saturated carbocycles. The van der Waals surface area contributed by atoms with Crippen LogP contribution in [0.4, 0.5) is 0 Å². The fourth-order valence-electron chi connectivity index (χ4n) is 0.981. The Bertz CT molecular complexity index is 239. The van der Waals surface area contributed by atoms with E-state index in [2.05, 4.69) is 18.0 Å². The van der Waals surface area contributed by atoms with Gasteiger partial charge in [-0.3, -0.25) is 0 Å². The van der Waals surface area contributed by atoms with Gasteiger partial charge < -0.3 is 5.73 Å². The van der Waals surface area contributed by atoms with Crippen molar-refractivity contribution in [2.45, 2.75) is 19.8 Å². The Hall–Kier alpha value is -0.670. The standard InChI is InChI=1S/C9H14N2S/c1-8(3-2-4-10)7-9-11-5-6-12-9/h3,5-6H,2,4,7,10H2,1H3. The lowest BCUT2D eigenvalue weighted by Crippen LogP contribution is -1.96. The minimum Gasteiger partial charge on any atom is -0.330 e. The van der Waals surface area contributed by atoms with E-state index in [-0.39, 0.29) is 0 Å². The maximum Gasteiger partial charge on any atom is 0.0965 e. The van der Waals surface area contributed by atoms with Gasteiger partial charge in [0.15, 0.2) is 0 Å². The molecule has 0 spiro atoms. The predicted octanol–water partition coefficient (Wildman–Crippen LogP) is 1.98. The second-order valence-electron chi connectivity index (χ2n) is 2.73. The molecule has 0 amide bonds. The molecular formula is C9H14N2S. The number of nitrogens with two attached hydrogens (primary N) is 1. The van der Waals surface area contributed by atoms with Gasteiger partial charge in [-0.25, -0.2) is 4.98 Å². The minimum atomic E-state index is 0.731. The smallest absolute Gasteiger partial charge is 0.0965 e. The number of hydrogen-bond acceptors (Lipinski definition) is 3. The Morgan fingerprint density at radius 1 is 1.75 bits per heavy atom. The fraction of sp³-hybridized carbons (Fsp3) is 0.444. The Labute approximate surface area is 77.1 Å². The summed E-state index contributed by atoms with van der Waals surface area (Å²) in [6.07, 6.45) is 5.96. The summed E-state index contributed by atoms with van der Waals surface area (Å²) < 4.78 is 0. The van der Waals surface area contributed by atoms with Crippen molar-refractivity contribution in [3.05, 3.63) is 28.2 Å². The van der Waals surface area contributed by atoms with Gasteiger partial charge in [-0.2, -0.15) is 0 Å². The second kappa shape index (κ2) is 5.06. The maximum absolute atomic E-state index is 5.39. The first kappa shape index (κ1) is 9.42. The summed E-state index contributed by atoms with van der Waals surface area (Å²) in [5.41, 5.74) is 6.75. The van der Waals surface area contributed by atoms with E-state index in [4.69, 9.17) is 5.73 Å². The third-order valence-electron chi connectivity index (χ3n) is 1.57. The Kier molecular flexibility index (Phi) is 3.97. The van der Waals surface area contributed by atoms with Crippen molar-refractivity contribution in [3.8, 4) is 0 Å². The monoisotopic (exact) mass is 182 g/mol. The molecular weight excluding hydrogens is 168 g/mol. The van der Waals surface area contributed by atoms with E-state index >= 15 is 0 Å². The topological polar surface area (TPSA) is 38.9 Å². The van der Waals surface area contributed by atoms with Crippen LogP contribution in [0.15, 0.2) is 23.2 Å². The molecule has 0 bridgehead atoms. The van der Waals surface area contributed by atoms with E-state index in [0.717, 1.165) is 19.4 Å². The highest BCUT2D eigenvalue weighted by molar-refractivity contribution is 7.09.